The van der Waals surface area contributed by atoms with Gasteiger partial charge in [0.1, 0.15) is 11.5 Å². The topological polar surface area (TPSA) is 66.8 Å². The predicted molar refractivity (Wildman–Crippen MR) is 128 cm³/mol. The van der Waals surface area contributed by atoms with Crippen LogP contribution < -0.4 is 15.1 Å². The maximum absolute atomic E-state index is 13.3. The van der Waals surface area contributed by atoms with E-state index in [0.29, 0.717) is 23.0 Å². The smallest absolute Gasteiger partial charge is 0.284 e. The lowest BCUT2D eigenvalue weighted by atomic mass is 10.0. The van der Waals surface area contributed by atoms with E-state index in [0.717, 1.165) is 27.1 Å². The second-order valence-corrected chi connectivity index (χ2v) is 8.19. The first-order chi connectivity index (χ1) is 15.7. The van der Waals surface area contributed by atoms with Gasteiger partial charge in [-0.15, -0.1) is 0 Å². The van der Waals surface area contributed by atoms with Gasteiger partial charge in [0.15, 0.2) is 0 Å². The van der Waals surface area contributed by atoms with Crippen molar-refractivity contribution in [2.75, 3.05) is 12.1 Å². The van der Waals surface area contributed by atoms with E-state index in [2.05, 4.69) is 15.4 Å². The summed E-state index contributed by atoms with van der Waals surface area (Å²) in [4.78, 5) is 18.0. The minimum atomic E-state index is -0.204. The highest BCUT2D eigenvalue weighted by Crippen LogP contribution is 2.33. The third kappa shape index (κ3) is 3.86. The highest BCUT2D eigenvalue weighted by Gasteiger charge is 2.33. The van der Waals surface area contributed by atoms with Crippen LogP contribution in [0.25, 0.3) is 10.2 Å². The van der Waals surface area contributed by atoms with Gasteiger partial charge in [-0.2, -0.15) is 10.1 Å². The Kier molecular flexibility index (Phi) is 5.39. The van der Waals surface area contributed by atoms with Crippen LogP contribution in [-0.4, -0.2) is 23.7 Å². The zero-order valence-corrected chi connectivity index (χ0v) is 18.2. The number of benzene rings is 3. The summed E-state index contributed by atoms with van der Waals surface area (Å²) in [6.07, 6.45) is 1.74. The summed E-state index contributed by atoms with van der Waals surface area (Å²) in [6, 6.07) is 25.3. The summed E-state index contributed by atoms with van der Waals surface area (Å²) in [5.74, 6) is 0.605. The largest absolute Gasteiger partial charge is 0.497 e. The molecule has 0 radical (unpaired) electrons. The minimum Gasteiger partial charge on any atom is -0.497 e. The number of hydrogen-bond donors (Lipinski definition) is 1. The molecule has 158 valence electrons. The van der Waals surface area contributed by atoms with Gasteiger partial charge in [0, 0.05) is 18.3 Å². The number of hydrazone groups is 1. The van der Waals surface area contributed by atoms with Crippen LogP contribution in [0.5, 0.6) is 5.75 Å². The van der Waals surface area contributed by atoms with Crippen molar-refractivity contribution in [3.8, 4) is 5.75 Å². The maximum Gasteiger partial charge on any atom is 0.284 e. The number of carbonyl (C=O) groups excluding carboxylic acids is 1. The highest BCUT2D eigenvalue weighted by atomic mass is 32.1. The van der Waals surface area contributed by atoms with E-state index in [9.17, 15) is 4.79 Å². The molecule has 32 heavy (non-hydrogen) atoms. The van der Waals surface area contributed by atoms with E-state index in [1.54, 1.807) is 13.3 Å². The van der Waals surface area contributed by atoms with Crippen molar-refractivity contribution in [3.05, 3.63) is 102 Å². The molecule has 1 aliphatic heterocycles. The Bertz CT molecular complexity index is 1290. The van der Waals surface area contributed by atoms with Gasteiger partial charge < -0.3 is 10.1 Å². The molecule has 5 rings (SSSR count). The molecule has 0 aliphatic carbocycles. The molecular weight excluding hydrogens is 420 g/mol. The van der Waals surface area contributed by atoms with Crippen LogP contribution in [0.4, 0.5) is 5.13 Å². The van der Waals surface area contributed by atoms with Gasteiger partial charge in [-0.25, -0.2) is 4.98 Å². The molecule has 1 amide bonds. The van der Waals surface area contributed by atoms with Crippen molar-refractivity contribution >= 4 is 38.3 Å². The molecule has 2 heterocycles. The van der Waals surface area contributed by atoms with Gasteiger partial charge in [0.05, 0.1) is 22.9 Å². The average Bonchev–Trinajstić information content (AvgIpc) is 3.41. The number of methoxy groups -OCH3 is 1. The lowest BCUT2D eigenvalue weighted by Crippen LogP contribution is -2.22. The van der Waals surface area contributed by atoms with E-state index >= 15 is 0 Å². The summed E-state index contributed by atoms with van der Waals surface area (Å²) in [5, 5.41) is 9.88. The maximum atomic E-state index is 13.3. The quantitative estimate of drug-likeness (QED) is 0.440. The number of nitrogens with zero attached hydrogens (tertiary/aromatic N) is 3. The van der Waals surface area contributed by atoms with Crippen LogP contribution in [0, 0.1) is 0 Å². The third-order valence-electron chi connectivity index (χ3n) is 5.10. The molecule has 0 unspecified atom stereocenters. The SMILES string of the molecule is COc1ccc(CN/C=C2\C(=O)N(c3nc4ccccc4s3)N=C2c2ccccc2)cc1. The molecule has 1 aliphatic rings. The molecule has 3 aromatic carbocycles. The molecule has 0 saturated heterocycles. The number of thiazole rings is 1. The second-order valence-electron chi connectivity index (χ2n) is 7.18. The summed E-state index contributed by atoms with van der Waals surface area (Å²) in [7, 11) is 1.64. The number of fused-ring (bicyclic) bond motifs is 1. The van der Waals surface area contributed by atoms with Gasteiger partial charge in [0.2, 0.25) is 5.13 Å². The molecule has 0 saturated carbocycles. The Morgan fingerprint density at radius 3 is 2.50 bits per heavy atom. The van der Waals surface area contributed by atoms with E-state index in [-0.39, 0.29) is 5.91 Å². The minimum absolute atomic E-state index is 0.204. The molecule has 1 aromatic heterocycles. The highest BCUT2D eigenvalue weighted by molar-refractivity contribution is 7.22. The van der Waals surface area contributed by atoms with Gasteiger partial charge in [-0.1, -0.05) is 65.9 Å². The van der Waals surface area contributed by atoms with Crippen LogP contribution in [0.15, 0.2) is 95.7 Å². The van der Waals surface area contributed by atoms with E-state index in [1.807, 2.05) is 78.9 Å². The lowest BCUT2D eigenvalue weighted by Gasteiger charge is -2.07. The van der Waals surface area contributed by atoms with Crippen molar-refractivity contribution in [1.29, 1.82) is 0 Å². The number of hydrogen-bond acceptors (Lipinski definition) is 6. The number of anilines is 1. The number of para-hydroxylation sites is 1. The van der Waals surface area contributed by atoms with Gasteiger partial charge in [-0.05, 0) is 29.8 Å². The van der Waals surface area contributed by atoms with E-state index < -0.39 is 0 Å². The van der Waals surface area contributed by atoms with Gasteiger partial charge in [-0.3, -0.25) is 4.79 Å². The van der Waals surface area contributed by atoms with E-state index in [4.69, 9.17) is 4.74 Å². The first-order valence-electron chi connectivity index (χ1n) is 10.1. The lowest BCUT2D eigenvalue weighted by molar-refractivity contribution is -0.114. The summed E-state index contributed by atoms with van der Waals surface area (Å²) in [5.41, 5.74) is 3.93. The fourth-order valence-corrected chi connectivity index (χ4v) is 4.36. The number of amides is 1. The Labute approximate surface area is 189 Å². The number of rotatable bonds is 6. The molecule has 4 aromatic rings. The fraction of sp³-hybridized carbons (Fsp3) is 0.0800. The Morgan fingerprint density at radius 2 is 1.75 bits per heavy atom. The van der Waals surface area contributed by atoms with Crippen molar-refractivity contribution in [2.24, 2.45) is 5.10 Å². The molecule has 0 atom stereocenters. The van der Waals surface area contributed by atoms with E-state index in [1.165, 1.54) is 16.3 Å². The van der Waals surface area contributed by atoms with Gasteiger partial charge >= 0.3 is 0 Å². The summed E-state index contributed by atoms with van der Waals surface area (Å²) < 4.78 is 6.22. The first kappa shape index (κ1) is 20.0. The Morgan fingerprint density at radius 1 is 1.00 bits per heavy atom. The Balaban J connectivity index is 1.45. The first-order valence-corrected chi connectivity index (χ1v) is 11.0. The predicted octanol–water partition coefficient (Wildman–Crippen LogP) is 4.73. The molecule has 7 heteroatoms. The van der Waals surface area contributed by atoms with Crippen molar-refractivity contribution in [2.45, 2.75) is 6.54 Å². The summed E-state index contributed by atoms with van der Waals surface area (Å²) >= 11 is 1.45. The van der Waals surface area contributed by atoms with Crippen LogP contribution in [-0.2, 0) is 11.3 Å². The van der Waals surface area contributed by atoms with Crippen molar-refractivity contribution in [1.82, 2.24) is 10.3 Å². The number of nitrogens with one attached hydrogen (secondary N) is 1. The molecule has 0 bridgehead atoms. The van der Waals surface area contributed by atoms with Crippen LogP contribution in [0.2, 0.25) is 0 Å². The molecule has 1 N–H and O–H groups in total. The number of carbonyl (C=O) groups is 1. The molecule has 0 spiro atoms. The fourth-order valence-electron chi connectivity index (χ4n) is 3.45. The zero-order chi connectivity index (χ0) is 21.9. The average molecular weight is 441 g/mol. The molecule has 6 nitrogen and oxygen atoms in total. The normalized spacial score (nSPS) is 14.8. The molecule has 0 fully saturated rings. The number of aromatic nitrogens is 1. The number of ether oxygens (including phenoxy) is 1. The monoisotopic (exact) mass is 440 g/mol. The van der Waals surface area contributed by atoms with Crippen LogP contribution >= 0.6 is 11.3 Å². The van der Waals surface area contributed by atoms with Crippen molar-refractivity contribution in [3.63, 3.8) is 0 Å². The summed E-state index contributed by atoms with van der Waals surface area (Å²) in [6.45, 7) is 0.573. The van der Waals surface area contributed by atoms with Crippen molar-refractivity contribution < 1.29 is 9.53 Å². The Hall–Kier alpha value is -3.97. The second kappa shape index (κ2) is 8.64. The third-order valence-corrected chi connectivity index (χ3v) is 6.11. The van der Waals surface area contributed by atoms with Crippen LogP contribution in [0.3, 0.4) is 0 Å². The zero-order valence-electron chi connectivity index (χ0n) is 17.4. The van der Waals surface area contributed by atoms with Gasteiger partial charge in [0.25, 0.3) is 5.91 Å². The standard InChI is InChI=1S/C25H20N4O2S/c1-31-19-13-11-17(12-14-19)15-26-16-20-23(18-7-3-2-4-8-18)28-29(24(20)30)25-27-21-9-5-6-10-22(21)32-25/h2-14,16,26H,15H2,1H3/b20-16-. The molecular formula is C25H20N4O2S. The van der Waals surface area contributed by atoms with Crippen LogP contribution in [0.1, 0.15) is 11.1 Å².